The summed E-state index contributed by atoms with van der Waals surface area (Å²) in [6.07, 6.45) is 1.56. The van der Waals surface area contributed by atoms with Crippen molar-refractivity contribution in [2.24, 2.45) is 0 Å². The number of hydrogen-bond donors (Lipinski definition) is 2. The number of benzene rings is 2. The first kappa shape index (κ1) is 20.7. The first-order chi connectivity index (χ1) is 15.0. The minimum absolute atomic E-state index is 0.180. The number of methoxy groups -OCH3 is 1. The maximum atomic E-state index is 13.0. The summed E-state index contributed by atoms with van der Waals surface area (Å²) in [5, 5.41) is 14.5. The molecule has 0 unspecified atom stereocenters. The Morgan fingerprint density at radius 2 is 1.94 bits per heavy atom. The van der Waals surface area contributed by atoms with Crippen LogP contribution in [0, 0.1) is 5.82 Å². The maximum absolute atomic E-state index is 13.0. The lowest BCUT2D eigenvalue weighted by atomic mass is 10.2. The molecule has 1 fully saturated rings. The van der Waals surface area contributed by atoms with Crippen LogP contribution in [-0.2, 0) is 0 Å². The molecule has 0 bridgehead atoms. The van der Waals surface area contributed by atoms with Crippen LogP contribution in [0.5, 0.6) is 5.75 Å². The number of anilines is 2. The topological polar surface area (TPSA) is 96.4 Å². The lowest BCUT2D eigenvalue weighted by molar-refractivity contribution is 0.102. The van der Waals surface area contributed by atoms with E-state index in [2.05, 4.69) is 20.8 Å². The van der Waals surface area contributed by atoms with E-state index in [4.69, 9.17) is 4.74 Å². The molecule has 2 N–H and O–H groups in total. The van der Waals surface area contributed by atoms with Crippen LogP contribution in [0.15, 0.2) is 48.5 Å². The Morgan fingerprint density at radius 1 is 1.13 bits per heavy atom. The van der Waals surface area contributed by atoms with Gasteiger partial charge in [0.15, 0.2) is 0 Å². The summed E-state index contributed by atoms with van der Waals surface area (Å²) in [7, 11) is 1.57. The van der Waals surface area contributed by atoms with Crippen molar-refractivity contribution < 1.29 is 18.7 Å². The van der Waals surface area contributed by atoms with Gasteiger partial charge in [-0.15, -0.1) is 10.2 Å². The molecule has 0 radical (unpaired) electrons. The van der Waals surface area contributed by atoms with Gasteiger partial charge < -0.3 is 20.3 Å². The number of urea groups is 1. The summed E-state index contributed by atoms with van der Waals surface area (Å²) in [4.78, 5) is 27.0. The number of hydrogen-bond acceptors (Lipinski definition) is 6. The van der Waals surface area contributed by atoms with E-state index in [-0.39, 0.29) is 22.9 Å². The lowest BCUT2D eigenvalue weighted by Gasteiger charge is -2.23. The van der Waals surface area contributed by atoms with Crippen LogP contribution in [0.4, 0.5) is 20.6 Å². The van der Waals surface area contributed by atoms with Crippen molar-refractivity contribution in [1.82, 2.24) is 15.1 Å². The first-order valence-corrected chi connectivity index (χ1v) is 10.5. The molecule has 160 valence electrons. The summed E-state index contributed by atoms with van der Waals surface area (Å²) in [5.74, 6) is -0.165. The second kappa shape index (κ2) is 9.09. The third kappa shape index (κ3) is 4.80. The van der Waals surface area contributed by atoms with Crippen molar-refractivity contribution in [3.8, 4) is 5.75 Å². The third-order valence-corrected chi connectivity index (χ3v) is 5.88. The van der Waals surface area contributed by atoms with E-state index in [1.54, 1.807) is 36.3 Å². The lowest BCUT2D eigenvalue weighted by Crippen LogP contribution is -2.34. The van der Waals surface area contributed by atoms with Gasteiger partial charge in [0.2, 0.25) is 5.01 Å². The van der Waals surface area contributed by atoms with Crippen LogP contribution in [0.1, 0.15) is 33.7 Å². The molecule has 10 heteroatoms. The van der Waals surface area contributed by atoms with E-state index in [0.29, 0.717) is 28.7 Å². The van der Waals surface area contributed by atoms with Crippen LogP contribution in [0.3, 0.4) is 0 Å². The number of carbonyl (C=O) groups excluding carboxylic acids is 2. The molecule has 4 rings (SSSR count). The number of rotatable bonds is 5. The highest BCUT2D eigenvalue weighted by atomic mass is 32.1. The third-order valence-electron chi connectivity index (χ3n) is 4.86. The molecule has 1 aliphatic rings. The molecule has 0 saturated carbocycles. The Bertz CT molecular complexity index is 1090. The molecule has 1 atom stereocenters. The molecule has 0 spiro atoms. The van der Waals surface area contributed by atoms with E-state index in [1.165, 1.54) is 24.3 Å². The molecule has 31 heavy (non-hydrogen) atoms. The standard InChI is InChI=1S/C21H20FN5O3S/c1-30-16-5-2-4-15(12-16)24-21(29)27-11-3-6-17(27)19-25-26-20(31-19)18(28)23-14-9-7-13(22)8-10-14/h2,4-5,7-10,12,17H,3,6,11H2,1H3,(H,23,28)(H,24,29)/t17-/m0/s1. The Morgan fingerprint density at radius 3 is 2.71 bits per heavy atom. The molecule has 3 aromatic rings. The highest BCUT2D eigenvalue weighted by Crippen LogP contribution is 2.34. The van der Waals surface area contributed by atoms with Crippen molar-refractivity contribution in [2.45, 2.75) is 18.9 Å². The van der Waals surface area contributed by atoms with Gasteiger partial charge in [0.1, 0.15) is 16.6 Å². The van der Waals surface area contributed by atoms with E-state index in [0.717, 1.165) is 24.2 Å². The van der Waals surface area contributed by atoms with Gasteiger partial charge >= 0.3 is 6.03 Å². The summed E-state index contributed by atoms with van der Waals surface area (Å²) in [5.41, 5.74) is 1.09. The fraction of sp³-hybridized carbons (Fsp3) is 0.238. The second-order valence-electron chi connectivity index (χ2n) is 6.92. The number of ether oxygens (including phenoxy) is 1. The first-order valence-electron chi connectivity index (χ1n) is 9.65. The van der Waals surface area contributed by atoms with Gasteiger partial charge in [-0.25, -0.2) is 9.18 Å². The average Bonchev–Trinajstić information content (AvgIpc) is 3.45. The van der Waals surface area contributed by atoms with Gasteiger partial charge in [-0.1, -0.05) is 17.4 Å². The number of aromatic nitrogens is 2. The number of halogens is 1. The van der Waals surface area contributed by atoms with Crippen LogP contribution >= 0.6 is 11.3 Å². The molecule has 2 aromatic carbocycles. The maximum Gasteiger partial charge on any atom is 0.322 e. The van der Waals surface area contributed by atoms with Crippen LogP contribution < -0.4 is 15.4 Å². The minimum atomic E-state index is -0.430. The van der Waals surface area contributed by atoms with Crippen LogP contribution in [0.2, 0.25) is 0 Å². The van der Waals surface area contributed by atoms with E-state index < -0.39 is 5.91 Å². The van der Waals surface area contributed by atoms with Crippen molar-refractivity contribution in [3.05, 3.63) is 64.4 Å². The highest BCUT2D eigenvalue weighted by molar-refractivity contribution is 7.13. The van der Waals surface area contributed by atoms with Gasteiger partial charge in [-0.3, -0.25) is 4.79 Å². The molecule has 1 saturated heterocycles. The Hall–Kier alpha value is -3.53. The van der Waals surface area contributed by atoms with Gasteiger partial charge in [0.25, 0.3) is 5.91 Å². The molecular formula is C21H20FN5O3S. The second-order valence-corrected chi connectivity index (χ2v) is 7.93. The predicted molar refractivity (Wildman–Crippen MR) is 115 cm³/mol. The summed E-state index contributed by atoms with van der Waals surface area (Å²) >= 11 is 1.14. The normalized spacial score (nSPS) is 15.5. The van der Waals surface area contributed by atoms with Crippen LogP contribution in [-0.4, -0.2) is 40.7 Å². The Kier molecular flexibility index (Phi) is 6.08. The van der Waals surface area contributed by atoms with Crippen molar-refractivity contribution in [3.63, 3.8) is 0 Å². The number of likely N-dealkylation sites (tertiary alicyclic amines) is 1. The zero-order valence-corrected chi connectivity index (χ0v) is 17.5. The van der Waals surface area contributed by atoms with Crippen LogP contribution in [0.25, 0.3) is 0 Å². The molecule has 1 aliphatic heterocycles. The molecule has 2 heterocycles. The van der Waals surface area contributed by atoms with Gasteiger partial charge in [-0.2, -0.15) is 0 Å². The number of nitrogens with zero attached hydrogens (tertiary/aromatic N) is 3. The van der Waals surface area contributed by atoms with Crippen molar-refractivity contribution in [1.29, 1.82) is 0 Å². The fourth-order valence-corrected chi connectivity index (χ4v) is 4.23. The number of amides is 3. The number of carbonyl (C=O) groups is 2. The predicted octanol–water partition coefficient (Wildman–Crippen LogP) is 4.31. The molecule has 1 aromatic heterocycles. The zero-order chi connectivity index (χ0) is 21.8. The Balaban J connectivity index is 1.43. The quantitative estimate of drug-likeness (QED) is 0.615. The number of nitrogens with one attached hydrogen (secondary N) is 2. The Labute approximate surface area is 182 Å². The minimum Gasteiger partial charge on any atom is -0.497 e. The van der Waals surface area contributed by atoms with Gasteiger partial charge in [0.05, 0.1) is 13.2 Å². The smallest absolute Gasteiger partial charge is 0.322 e. The summed E-state index contributed by atoms with van der Waals surface area (Å²) < 4.78 is 18.2. The molecule has 0 aliphatic carbocycles. The molecule has 8 nitrogen and oxygen atoms in total. The van der Waals surface area contributed by atoms with Gasteiger partial charge in [-0.05, 0) is 49.2 Å². The summed E-state index contributed by atoms with van der Waals surface area (Å²) in [6, 6.07) is 12.1. The van der Waals surface area contributed by atoms with Crippen molar-refractivity contribution >= 4 is 34.6 Å². The average molecular weight is 441 g/mol. The molecular weight excluding hydrogens is 421 g/mol. The molecule has 3 amide bonds. The largest absolute Gasteiger partial charge is 0.497 e. The van der Waals surface area contributed by atoms with E-state index in [9.17, 15) is 14.0 Å². The van der Waals surface area contributed by atoms with Crippen molar-refractivity contribution in [2.75, 3.05) is 24.3 Å². The van der Waals surface area contributed by atoms with E-state index >= 15 is 0 Å². The van der Waals surface area contributed by atoms with E-state index in [1.807, 2.05) is 0 Å². The highest BCUT2D eigenvalue weighted by Gasteiger charge is 2.33. The fourth-order valence-electron chi connectivity index (χ4n) is 3.34. The van der Waals surface area contributed by atoms with Gasteiger partial charge in [0, 0.05) is 24.0 Å². The monoisotopic (exact) mass is 441 g/mol. The summed E-state index contributed by atoms with van der Waals surface area (Å²) in [6.45, 7) is 0.581. The SMILES string of the molecule is COc1cccc(NC(=O)N2CCC[C@H]2c2nnc(C(=O)Nc3ccc(F)cc3)s2)c1. The zero-order valence-electron chi connectivity index (χ0n) is 16.7.